The smallest absolute Gasteiger partial charge is 0.348 e. The van der Waals surface area contributed by atoms with E-state index in [1.165, 1.54) is 18.4 Å². The predicted molar refractivity (Wildman–Crippen MR) is 102 cm³/mol. The molecule has 0 aliphatic rings. The van der Waals surface area contributed by atoms with E-state index >= 15 is 0 Å². The van der Waals surface area contributed by atoms with Gasteiger partial charge in [0.15, 0.2) is 5.82 Å². The van der Waals surface area contributed by atoms with Crippen LogP contribution < -0.4 is 10.5 Å². The second-order valence-corrected chi connectivity index (χ2v) is 7.55. The number of esters is 1. The Hall–Kier alpha value is -2.22. The molecule has 2 aromatic heterocycles. The molecule has 0 saturated heterocycles. The average molecular weight is 393 g/mol. The molecule has 3 aromatic rings. The SMILES string of the molecule is COC(=O)c1sc2nc(C[NH+](C)Cc3ccccc3Cl)[nH]c(=O)c2c1C. The number of hydrogen-bond acceptors (Lipinski definition) is 5. The molecule has 1 atom stereocenters. The minimum atomic E-state index is -0.451. The first-order valence-electron chi connectivity index (χ1n) is 8.06. The van der Waals surface area contributed by atoms with Gasteiger partial charge in [-0.3, -0.25) is 4.79 Å². The number of aryl methyl sites for hydroxylation is 1. The second kappa shape index (κ2) is 7.57. The summed E-state index contributed by atoms with van der Waals surface area (Å²) in [7, 11) is 3.33. The number of halogens is 1. The van der Waals surface area contributed by atoms with Crippen molar-refractivity contribution >= 4 is 39.1 Å². The quantitative estimate of drug-likeness (QED) is 0.651. The number of ether oxygens (including phenoxy) is 1. The van der Waals surface area contributed by atoms with Crippen molar-refractivity contribution in [3.05, 3.63) is 61.5 Å². The van der Waals surface area contributed by atoms with Crippen molar-refractivity contribution in [2.75, 3.05) is 14.2 Å². The number of H-pyrrole nitrogens is 1. The average Bonchev–Trinajstić information content (AvgIpc) is 2.93. The highest BCUT2D eigenvalue weighted by Crippen LogP contribution is 2.27. The van der Waals surface area contributed by atoms with Crippen LogP contribution in [0.2, 0.25) is 5.02 Å². The van der Waals surface area contributed by atoms with Crippen molar-refractivity contribution in [2.24, 2.45) is 0 Å². The Balaban J connectivity index is 1.88. The molecule has 8 heteroatoms. The molecule has 0 amide bonds. The van der Waals surface area contributed by atoms with E-state index in [9.17, 15) is 9.59 Å². The molecule has 1 aromatic carbocycles. The lowest BCUT2D eigenvalue weighted by atomic mass is 10.2. The molecular formula is C18H19ClN3O3S+. The fourth-order valence-corrected chi connectivity index (χ4v) is 4.20. The first-order chi connectivity index (χ1) is 12.4. The van der Waals surface area contributed by atoms with Gasteiger partial charge in [-0.05, 0) is 18.6 Å². The largest absolute Gasteiger partial charge is 0.465 e. The third kappa shape index (κ3) is 3.65. The molecule has 2 N–H and O–H groups in total. The number of thiophene rings is 1. The van der Waals surface area contributed by atoms with E-state index in [1.807, 2.05) is 31.3 Å². The van der Waals surface area contributed by atoms with Crippen LogP contribution in [0, 0.1) is 6.92 Å². The van der Waals surface area contributed by atoms with Gasteiger partial charge < -0.3 is 14.6 Å². The number of aromatic nitrogens is 2. The minimum absolute atomic E-state index is 0.237. The van der Waals surface area contributed by atoms with Crippen LogP contribution in [0.25, 0.3) is 10.2 Å². The van der Waals surface area contributed by atoms with E-state index in [0.717, 1.165) is 15.5 Å². The number of fused-ring (bicyclic) bond motifs is 1. The fraction of sp³-hybridized carbons (Fsp3) is 0.278. The van der Waals surface area contributed by atoms with Gasteiger partial charge in [-0.2, -0.15) is 0 Å². The lowest BCUT2D eigenvalue weighted by Crippen LogP contribution is -3.06. The zero-order valence-corrected chi connectivity index (χ0v) is 16.3. The van der Waals surface area contributed by atoms with Crippen LogP contribution in [0.15, 0.2) is 29.1 Å². The van der Waals surface area contributed by atoms with Crippen molar-refractivity contribution in [1.29, 1.82) is 0 Å². The maximum absolute atomic E-state index is 12.5. The van der Waals surface area contributed by atoms with Gasteiger partial charge in [0.2, 0.25) is 0 Å². The van der Waals surface area contributed by atoms with E-state index in [4.69, 9.17) is 16.3 Å². The summed E-state index contributed by atoms with van der Waals surface area (Å²) in [6, 6.07) is 7.69. The van der Waals surface area contributed by atoms with E-state index in [2.05, 4.69) is 9.97 Å². The van der Waals surface area contributed by atoms with Gasteiger partial charge in [0.05, 0.1) is 19.5 Å². The Morgan fingerprint density at radius 3 is 2.77 bits per heavy atom. The highest BCUT2D eigenvalue weighted by molar-refractivity contribution is 7.20. The van der Waals surface area contributed by atoms with Gasteiger partial charge >= 0.3 is 5.97 Å². The molecule has 0 saturated carbocycles. The molecule has 2 heterocycles. The summed E-state index contributed by atoms with van der Waals surface area (Å²) in [4.78, 5) is 33.8. The predicted octanol–water partition coefficient (Wildman–Crippen LogP) is 1.95. The van der Waals surface area contributed by atoms with Gasteiger partial charge in [-0.15, -0.1) is 11.3 Å². The number of nitrogens with zero attached hydrogens (tertiary/aromatic N) is 1. The highest BCUT2D eigenvalue weighted by atomic mass is 35.5. The Bertz CT molecular complexity index is 1030. The summed E-state index contributed by atoms with van der Waals surface area (Å²) in [6.07, 6.45) is 0. The van der Waals surface area contributed by atoms with Gasteiger partial charge in [-0.25, -0.2) is 9.78 Å². The second-order valence-electron chi connectivity index (χ2n) is 6.14. The monoisotopic (exact) mass is 392 g/mol. The molecule has 0 bridgehead atoms. The molecule has 0 spiro atoms. The van der Waals surface area contributed by atoms with Crippen LogP contribution in [-0.2, 0) is 17.8 Å². The van der Waals surface area contributed by atoms with E-state index in [-0.39, 0.29) is 5.56 Å². The molecule has 1 unspecified atom stereocenters. The molecule has 3 rings (SSSR count). The summed E-state index contributed by atoms with van der Waals surface area (Å²) < 4.78 is 4.77. The first kappa shape index (κ1) is 18.6. The number of aromatic amines is 1. The number of nitrogens with one attached hydrogen (secondary N) is 2. The zero-order chi connectivity index (χ0) is 18.8. The van der Waals surface area contributed by atoms with Crippen molar-refractivity contribution in [1.82, 2.24) is 9.97 Å². The van der Waals surface area contributed by atoms with E-state index in [1.54, 1.807) is 6.92 Å². The normalized spacial score (nSPS) is 12.3. The summed E-state index contributed by atoms with van der Waals surface area (Å²) in [5.74, 6) is 0.123. The molecular weight excluding hydrogens is 374 g/mol. The zero-order valence-electron chi connectivity index (χ0n) is 14.7. The van der Waals surface area contributed by atoms with Crippen LogP contribution in [0.5, 0.6) is 0 Å². The standard InChI is InChI=1S/C18H18ClN3O3S/c1-10-14-16(23)20-13(21-17(14)26-15(10)18(24)25-3)9-22(2)8-11-6-4-5-7-12(11)19/h4-7H,8-9H2,1-3H3,(H,20,21,23)/p+1. The van der Waals surface area contributed by atoms with Crippen molar-refractivity contribution in [3.8, 4) is 0 Å². The van der Waals surface area contributed by atoms with Crippen molar-refractivity contribution in [2.45, 2.75) is 20.0 Å². The Morgan fingerprint density at radius 2 is 2.08 bits per heavy atom. The number of methoxy groups -OCH3 is 1. The molecule has 0 aliphatic carbocycles. The van der Waals surface area contributed by atoms with Gasteiger partial charge in [0.1, 0.15) is 22.8 Å². The topological polar surface area (TPSA) is 76.5 Å². The molecule has 0 radical (unpaired) electrons. The van der Waals surface area contributed by atoms with Gasteiger partial charge in [0.25, 0.3) is 5.56 Å². The number of carbonyl (C=O) groups excluding carboxylic acids is 1. The van der Waals surface area contributed by atoms with Gasteiger partial charge in [-0.1, -0.05) is 29.8 Å². The molecule has 0 aliphatic heterocycles. The lowest BCUT2D eigenvalue weighted by Gasteiger charge is -2.14. The van der Waals surface area contributed by atoms with E-state index in [0.29, 0.717) is 39.6 Å². The molecule has 6 nitrogen and oxygen atoms in total. The summed E-state index contributed by atoms with van der Waals surface area (Å²) in [6.45, 7) is 2.97. The summed E-state index contributed by atoms with van der Waals surface area (Å²) in [5.41, 5.74) is 1.41. The highest BCUT2D eigenvalue weighted by Gasteiger charge is 2.20. The Morgan fingerprint density at radius 1 is 1.35 bits per heavy atom. The number of rotatable bonds is 5. The van der Waals surface area contributed by atoms with Gasteiger partial charge in [0, 0.05) is 10.6 Å². The van der Waals surface area contributed by atoms with Crippen molar-refractivity contribution < 1.29 is 14.4 Å². The Kier molecular flexibility index (Phi) is 5.41. The summed E-state index contributed by atoms with van der Waals surface area (Å²) >= 11 is 7.39. The van der Waals surface area contributed by atoms with Crippen LogP contribution in [-0.4, -0.2) is 30.1 Å². The number of carbonyl (C=O) groups is 1. The molecule has 26 heavy (non-hydrogen) atoms. The third-order valence-electron chi connectivity index (χ3n) is 4.14. The minimum Gasteiger partial charge on any atom is -0.465 e. The molecule has 0 fully saturated rings. The maximum Gasteiger partial charge on any atom is 0.348 e. The van der Waals surface area contributed by atoms with Crippen LogP contribution >= 0.6 is 22.9 Å². The number of quaternary nitrogens is 1. The maximum atomic E-state index is 12.5. The van der Waals surface area contributed by atoms with Crippen LogP contribution in [0.4, 0.5) is 0 Å². The summed E-state index contributed by atoms with van der Waals surface area (Å²) in [5, 5.41) is 1.17. The van der Waals surface area contributed by atoms with Crippen LogP contribution in [0.1, 0.15) is 26.6 Å². The molecule has 136 valence electrons. The number of benzene rings is 1. The fourth-order valence-electron chi connectivity index (χ4n) is 2.87. The van der Waals surface area contributed by atoms with Crippen molar-refractivity contribution in [3.63, 3.8) is 0 Å². The lowest BCUT2D eigenvalue weighted by molar-refractivity contribution is -0.908. The number of hydrogen-bond donors (Lipinski definition) is 2. The van der Waals surface area contributed by atoms with Crippen LogP contribution in [0.3, 0.4) is 0 Å². The third-order valence-corrected chi connectivity index (χ3v) is 5.67. The first-order valence-corrected chi connectivity index (χ1v) is 9.25. The Labute approximate surface area is 159 Å². The van der Waals surface area contributed by atoms with E-state index < -0.39 is 5.97 Å².